The van der Waals surface area contributed by atoms with Gasteiger partial charge in [-0.15, -0.1) is 0 Å². The molecule has 2 heterocycles. The molecule has 1 fully saturated rings. The van der Waals surface area contributed by atoms with Gasteiger partial charge in [0.15, 0.2) is 0 Å². The van der Waals surface area contributed by atoms with Crippen LogP contribution < -0.4 is 11.1 Å². The summed E-state index contributed by atoms with van der Waals surface area (Å²) in [5, 5.41) is 2.80. The van der Waals surface area contributed by atoms with Crippen molar-refractivity contribution in [2.75, 3.05) is 25.0 Å². The minimum atomic E-state index is -0.00409. The fraction of sp³-hybridized carbons (Fsp3) is 0.500. The number of amides is 2. The Morgan fingerprint density at radius 2 is 2.29 bits per heavy atom. The number of nitrogens with two attached hydrogens (primary N) is 1. The van der Waals surface area contributed by atoms with Gasteiger partial charge in [0.05, 0.1) is 6.42 Å². The van der Waals surface area contributed by atoms with E-state index >= 15 is 0 Å². The Bertz CT molecular complexity index is 569. The van der Waals surface area contributed by atoms with Crippen molar-refractivity contribution >= 4 is 17.5 Å². The highest BCUT2D eigenvalue weighted by Crippen LogP contribution is 2.26. The number of nitrogens with one attached hydrogen (secondary N) is 1. The van der Waals surface area contributed by atoms with Gasteiger partial charge in [0.25, 0.3) is 5.91 Å². The number of hydrogen-bond donors (Lipinski definition) is 2. The standard InChI is InChI=1S/C16H21N3O2/c17-6-5-11-2-1-7-19(10-11)16(21)13-4-3-12-9-15(20)18-14(12)8-13/h3-4,8,11H,1-2,5-7,9-10,17H2,(H,18,20). The summed E-state index contributed by atoms with van der Waals surface area (Å²) in [6.45, 7) is 2.28. The van der Waals surface area contributed by atoms with E-state index in [-0.39, 0.29) is 11.8 Å². The summed E-state index contributed by atoms with van der Waals surface area (Å²) in [5.41, 5.74) is 8.03. The molecule has 0 saturated carbocycles. The highest BCUT2D eigenvalue weighted by Gasteiger charge is 2.25. The third kappa shape index (κ3) is 2.93. The molecular weight excluding hydrogens is 266 g/mol. The van der Waals surface area contributed by atoms with Crippen LogP contribution in [0.3, 0.4) is 0 Å². The summed E-state index contributed by atoms with van der Waals surface area (Å²) in [6.07, 6.45) is 3.58. The summed E-state index contributed by atoms with van der Waals surface area (Å²) < 4.78 is 0. The number of rotatable bonds is 3. The second-order valence-corrected chi connectivity index (χ2v) is 5.93. The van der Waals surface area contributed by atoms with Crippen LogP contribution in [-0.4, -0.2) is 36.3 Å². The number of hydrogen-bond acceptors (Lipinski definition) is 3. The molecule has 2 aliphatic rings. The summed E-state index contributed by atoms with van der Waals surface area (Å²) >= 11 is 0. The summed E-state index contributed by atoms with van der Waals surface area (Å²) in [7, 11) is 0. The van der Waals surface area contributed by atoms with E-state index in [0.29, 0.717) is 24.4 Å². The highest BCUT2D eigenvalue weighted by atomic mass is 16.2. The van der Waals surface area contributed by atoms with Gasteiger partial charge in [-0.25, -0.2) is 0 Å². The Balaban J connectivity index is 1.73. The molecule has 21 heavy (non-hydrogen) atoms. The third-order valence-corrected chi connectivity index (χ3v) is 4.36. The van der Waals surface area contributed by atoms with Crippen LogP contribution in [0.1, 0.15) is 35.2 Å². The van der Waals surface area contributed by atoms with Crippen LogP contribution in [0.4, 0.5) is 5.69 Å². The molecule has 2 aliphatic heterocycles. The van der Waals surface area contributed by atoms with Crippen molar-refractivity contribution in [3.63, 3.8) is 0 Å². The van der Waals surface area contributed by atoms with Gasteiger partial charge in [-0.3, -0.25) is 9.59 Å². The van der Waals surface area contributed by atoms with Crippen LogP contribution in [0.2, 0.25) is 0 Å². The molecule has 112 valence electrons. The van der Waals surface area contributed by atoms with Crippen LogP contribution in [0, 0.1) is 5.92 Å². The average molecular weight is 287 g/mol. The molecule has 0 spiro atoms. The Hall–Kier alpha value is -1.88. The lowest BCUT2D eigenvalue weighted by Crippen LogP contribution is -2.40. The van der Waals surface area contributed by atoms with Gasteiger partial charge in [0.2, 0.25) is 5.91 Å². The molecular formula is C16H21N3O2. The molecule has 1 saturated heterocycles. The first kappa shape index (κ1) is 14.1. The van der Waals surface area contributed by atoms with Crippen molar-refractivity contribution in [2.45, 2.75) is 25.7 Å². The topological polar surface area (TPSA) is 75.4 Å². The molecule has 1 unspecified atom stereocenters. The molecule has 0 aliphatic carbocycles. The predicted octanol–water partition coefficient (Wildman–Crippen LogP) is 1.38. The summed E-state index contributed by atoms with van der Waals surface area (Å²) in [5.74, 6) is 0.568. The maximum absolute atomic E-state index is 12.6. The van der Waals surface area contributed by atoms with Gasteiger partial charge >= 0.3 is 0 Å². The summed E-state index contributed by atoms with van der Waals surface area (Å²) in [4.78, 5) is 25.9. The van der Waals surface area contributed by atoms with Crippen LogP contribution in [0.15, 0.2) is 18.2 Å². The SMILES string of the molecule is NCCC1CCCN(C(=O)c2ccc3c(c2)NC(=O)C3)C1. The number of fused-ring (bicyclic) bond motifs is 1. The van der Waals surface area contributed by atoms with Crippen LogP contribution in [0.25, 0.3) is 0 Å². The number of likely N-dealkylation sites (tertiary alicyclic amines) is 1. The molecule has 2 amide bonds. The minimum Gasteiger partial charge on any atom is -0.338 e. The maximum atomic E-state index is 12.6. The van der Waals surface area contributed by atoms with Gasteiger partial charge < -0.3 is 16.0 Å². The maximum Gasteiger partial charge on any atom is 0.253 e. The van der Waals surface area contributed by atoms with Gasteiger partial charge in [-0.1, -0.05) is 6.07 Å². The van der Waals surface area contributed by atoms with E-state index in [1.54, 1.807) is 6.07 Å². The highest BCUT2D eigenvalue weighted by molar-refractivity contribution is 6.02. The second-order valence-electron chi connectivity index (χ2n) is 5.93. The molecule has 1 atom stereocenters. The zero-order valence-electron chi connectivity index (χ0n) is 12.1. The predicted molar refractivity (Wildman–Crippen MR) is 81.1 cm³/mol. The van der Waals surface area contributed by atoms with E-state index in [1.165, 1.54) is 0 Å². The molecule has 1 aromatic rings. The van der Waals surface area contributed by atoms with E-state index in [0.717, 1.165) is 43.6 Å². The molecule has 1 aromatic carbocycles. The smallest absolute Gasteiger partial charge is 0.253 e. The van der Waals surface area contributed by atoms with Crippen LogP contribution in [-0.2, 0) is 11.2 Å². The van der Waals surface area contributed by atoms with E-state index < -0.39 is 0 Å². The van der Waals surface area contributed by atoms with E-state index in [4.69, 9.17) is 5.73 Å². The van der Waals surface area contributed by atoms with Crippen molar-refractivity contribution < 1.29 is 9.59 Å². The fourth-order valence-corrected chi connectivity index (χ4v) is 3.25. The zero-order chi connectivity index (χ0) is 14.8. The van der Waals surface area contributed by atoms with Crippen molar-refractivity contribution in [1.82, 2.24) is 4.90 Å². The first-order valence-corrected chi connectivity index (χ1v) is 7.59. The molecule has 5 nitrogen and oxygen atoms in total. The van der Waals surface area contributed by atoms with Crippen molar-refractivity contribution in [1.29, 1.82) is 0 Å². The molecule has 0 radical (unpaired) electrons. The van der Waals surface area contributed by atoms with E-state index in [9.17, 15) is 9.59 Å². The lowest BCUT2D eigenvalue weighted by molar-refractivity contribution is -0.115. The first-order chi connectivity index (χ1) is 10.2. The van der Waals surface area contributed by atoms with Gasteiger partial charge in [0.1, 0.15) is 0 Å². The normalized spacial score (nSPS) is 21.1. The van der Waals surface area contributed by atoms with Gasteiger partial charge in [-0.2, -0.15) is 0 Å². The van der Waals surface area contributed by atoms with E-state index in [1.807, 2.05) is 17.0 Å². The minimum absolute atomic E-state index is 0.00409. The second kappa shape index (κ2) is 5.85. The molecule has 5 heteroatoms. The number of benzene rings is 1. The third-order valence-electron chi connectivity index (χ3n) is 4.36. The summed E-state index contributed by atoms with van der Waals surface area (Å²) in [6, 6.07) is 5.50. The lowest BCUT2D eigenvalue weighted by Gasteiger charge is -2.32. The first-order valence-electron chi connectivity index (χ1n) is 7.59. The Kier molecular flexibility index (Phi) is 3.92. The number of piperidine rings is 1. The van der Waals surface area contributed by atoms with Gasteiger partial charge in [-0.05, 0) is 49.4 Å². The fourth-order valence-electron chi connectivity index (χ4n) is 3.25. The van der Waals surface area contributed by atoms with Crippen LogP contribution >= 0.6 is 0 Å². The monoisotopic (exact) mass is 287 g/mol. The average Bonchev–Trinajstić information content (AvgIpc) is 2.86. The molecule has 3 N–H and O–H groups in total. The Morgan fingerprint density at radius 3 is 3.10 bits per heavy atom. The quantitative estimate of drug-likeness (QED) is 0.882. The molecule has 3 rings (SSSR count). The lowest BCUT2D eigenvalue weighted by atomic mass is 9.94. The van der Waals surface area contributed by atoms with Crippen molar-refractivity contribution in [3.05, 3.63) is 29.3 Å². The Labute approximate surface area is 124 Å². The Morgan fingerprint density at radius 1 is 1.43 bits per heavy atom. The van der Waals surface area contributed by atoms with Crippen LogP contribution in [0.5, 0.6) is 0 Å². The number of anilines is 1. The largest absolute Gasteiger partial charge is 0.338 e. The van der Waals surface area contributed by atoms with E-state index in [2.05, 4.69) is 5.32 Å². The molecule has 0 bridgehead atoms. The van der Waals surface area contributed by atoms with Gasteiger partial charge in [0, 0.05) is 24.3 Å². The zero-order valence-corrected chi connectivity index (χ0v) is 12.1. The number of nitrogens with zero attached hydrogens (tertiary/aromatic N) is 1. The molecule has 0 aromatic heterocycles. The van der Waals surface area contributed by atoms with Crippen molar-refractivity contribution in [2.24, 2.45) is 11.7 Å². The number of carbonyl (C=O) groups is 2. The van der Waals surface area contributed by atoms with Crippen molar-refractivity contribution in [3.8, 4) is 0 Å². The number of carbonyl (C=O) groups excluding carboxylic acids is 2.